The molecule has 0 aliphatic heterocycles. The lowest BCUT2D eigenvalue weighted by Crippen LogP contribution is -2.09. The maximum atomic E-state index is 11.3. The van der Waals surface area contributed by atoms with Crippen LogP contribution in [0.4, 0.5) is 5.69 Å². The third-order valence-electron chi connectivity index (χ3n) is 2.21. The number of non-ortho nitro benzene ring substituents is 1. The van der Waals surface area contributed by atoms with Crippen LogP contribution in [0.1, 0.15) is 25.5 Å². The average Bonchev–Trinajstić information content (AvgIpc) is 2.28. The van der Waals surface area contributed by atoms with Gasteiger partial charge in [-0.25, -0.2) is 4.79 Å². The molecule has 1 aromatic rings. The number of carbonyl (C=O) groups excluding carboxylic acids is 1. The molecule has 5 nitrogen and oxygen atoms in total. The highest BCUT2D eigenvalue weighted by Crippen LogP contribution is 2.20. The molecule has 5 heteroatoms. The van der Waals surface area contributed by atoms with E-state index in [1.807, 2.05) is 0 Å². The highest BCUT2D eigenvalue weighted by atomic mass is 16.6. The van der Waals surface area contributed by atoms with E-state index in [1.165, 1.54) is 12.1 Å². The van der Waals surface area contributed by atoms with Crippen LogP contribution in [0.3, 0.4) is 0 Å². The molecule has 0 fully saturated rings. The number of esters is 1. The first-order valence-corrected chi connectivity index (χ1v) is 5.02. The van der Waals surface area contributed by atoms with Crippen molar-refractivity contribution in [3.8, 4) is 0 Å². The van der Waals surface area contributed by atoms with E-state index in [4.69, 9.17) is 4.74 Å². The zero-order valence-corrected chi connectivity index (χ0v) is 9.67. The van der Waals surface area contributed by atoms with Crippen LogP contribution in [0.5, 0.6) is 0 Å². The summed E-state index contributed by atoms with van der Waals surface area (Å²) in [5.41, 5.74) is 1.02. The number of rotatable bonds is 4. The molecule has 1 unspecified atom stereocenters. The largest absolute Gasteiger partial charge is 0.454 e. The predicted molar refractivity (Wildman–Crippen MR) is 62.4 cm³/mol. The Morgan fingerprint density at radius 3 is 2.35 bits per heavy atom. The van der Waals surface area contributed by atoms with Gasteiger partial charge in [-0.2, -0.15) is 0 Å². The lowest BCUT2D eigenvalue weighted by Gasteiger charge is -2.13. The van der Waals surface area contributed by atoms with Crippen LogP contribution < -0.4 is 0 Å². The summed E-state index contributed by atoms with van der Waals surface area (Å²) in [6.07, 6.45) is -0.458. The van der Waals surface area contributed by atoms with Crippen molar-refractivity contribution in [2.75, 3.05) is 0 Å². The second-order valence-electron chi connectivity index (χ2n) is 3.68. The van der Waals surface area contributed by atoms with Crippen molar-refractivity contribution in [2.45, 2.75) is 20.0 Å². The Morgan fingerprint density at radius 2 is 1.94 bits per heavy atom. The summed E-state index contributed by atoms with van der Waals surface area (Å²) in [7, 11) is 0. The maximum absolute atomic E-state index is 11.3. The van der Waals surface area contributed by atoms with E-state index in [0.29, 0.717) is 11.1 Å². The normalized spacial score (nSPS) is 11.6. The minimum Gasteiger partial charge on any atom is -0.454 e. The van der Waals surface area contributed by atoms with Gasteiger partial charge in [0.25, 0.3) is 5.69 Å². The van der Waals surface area contributed by atoms with Crippen molar-refractivity contribution in [1.29, 1.82) is 0 Å². The lowest BCUT2D eigenvalue weighted by molar-refractivity contribution is -0.384. The molecule has 0 N–H and O–H groups in total. The van der Waals surface area contributed by atoms with Crippen LogP contribution in [0.2, 0.25) is 0 Å². The van der Waals surface area contributed by atoms with Crippen molar-refractivity contribution >= 4 is 11.7 Å². The molecule has 17 heavy (non-hydrogen) atoms. The average molecular weight is 235 g/mol. The Kier molecular flexibility index (Phi) is 3.98. The van der Waals surface area contributed by atoms with E-state index in [0.717, 1.165) is 0 Å². The molecule has 0 spiro atoms. The van der Waals surface area contributed by atoms with Crippen LogP contribution >= 0.6 is 0 Å². The standard InChI is InChI=1S/C12H13NO4/c1-8(2)12(14)17-9(3)10-4-6-11(7-5-10)13(15)16/h4-7,9H,1H2,2-3H3. The van der Waals surface area contributed by atoms with Crippen molar-refractivity contribution < 1.29 is 14.5 Å². The van der Waals surface area contributed by atoms with Gasteiger partial charge in [0.2, 0.25) is 0 Å². The van der Waals surface area contributed by atoms with E-state index in [1.54, 1.807) is 26.0 Å². The smallest absolute Gasteiger partial charge is 0.333 e. The summed E-state index contributed by atoms with van der Waals surface area (Å²) in [5, 5.41) is 10.5. The molecule has 0 aliphatic rings. The molecule has 0 aliphatic carbocycles. The molecule has 0 aromatic heterocycles. The number of nitrogens with zero attached hydrogens (tertiary/aromatic N) is 1. The molecular formula is C12H13NO4. The van der Waals surface area contributed by atoms with Gasteiger partial charge >= 0.3 is 5.97 Å². The molecule has 0 saturated heterocycles. The Hall–Kier alpha value is -2.17. The Bertz CT molecular complexity index is 450. The minimum atomic E-state index is -0.478. The topological polar surface area (TPSA) is 69.4 Å². The third kappa shape index (κ3) is 3.41. The summed E-state index contributed by atoms with van der Waals surface area (Å²) < 4.78 is 5.09. The summed E-state index contributed by atoms with van der Waals surface area (Å²) >= 11 is 0. The molecule has 1 atom stereocenters. The van der Waals surface area contributed by atoms with Gasteiger partial charge in [-0.3, -0.25) is 10.1 Å². The van der Waals surface area contributed by atoms with Gasteiger partial charge < -0.3 is 4.74 Å². The monoisotopic (exact) mass is 235 g/mol. The van der Waals surface area contributed by atoms with Gasteiger partial charge in [0, 0.05) is 17.7 Å². The van der Waals surface area contributed by atoms with E-state index in [2.05, 4.69) is 6.58 Å². The molecule has 0 bridgehead atoms. The van der Waals surface area contributed by atoms with Gasteiger partial charge in [0.1, 0.15) is 6.10 Å². The Balaban J connectivity index is 2.76. The second-order valence-corrected chi connectivity index (χ2v) is 3.68. The molecule has 0 radical (unpaired) electrons. The number of carbonyl (C=O) groups is 1. The summed E-state index contributed by atoms with van der Waals surface area (Å²) in [4.78, 5) is 21.3. The highest BCUT2D eigenvalue weighted by Gasteiger charge is 2.13. The van der Waals surface area contributed by atoms with Crippen LogP contribution in [-0.2, 0) is 9.53 Å². The van der Waals surface area contributed by atoms with Crippen LogP contribution in [0.15, 0.2) is 36.4 Å². The number of nitro groups is 1. The second kappa shape index (κ2) is 5.25. The fourth-order valence-corrected chi connectivity index (χ4v) is 1.20. The SMILES string of the molecule is C=C(C)C(=O)OC(C)c1ccc([N+](=O)[O-])cc1. The van der Waals surface area contributed by atoms with Gasteiger partial charge in [0.15, 0.2) is 0 Å². The Morgan fingerprint density at radius 1 is 1.41 bits per heavy atom. The first kappa shape index (κ1) is 12.9. The summed E-state index contributed by atoms with van der Waals surface area (Å²) in [6.45, 7) is 6.73. The Labute approximate surface area is 98.9 Å². The number of hydrogen-bond acceptors (Lipinski definition) is 4. The number of ether oxygens (including phenoxy) is 1. The van der Waals surface area contributed by atoms with E-state index < -0.39 is 17.0 Å². The van der Waals surface area contributed by atoms with E-state index >= 15 is 0 Å². The van der Waals surface area contributed by atoms with Crippen LogP contribution in [-0.4, -0.2) is 10.9 Å². The van der Waals surface area contributed by atoms with Gasteiger partial charge in [-0.05, 0) is 31.5 Å². The number of hydrogen-bond donors (Lipinski definition) is 0. The zero-order chi connectivity index (χ0) is 13.0. The molecular weight excluding hydrogens is 222 g/mol. The molecule has 90 valence electrons. The number of benzene rings is 1. The van der Waals surface area contributed by atoms with Gasteiger partial charge in [-0.1, -0.05) is 6.58 Å². The van der Waals surface area contributed by atoms with Crippen molar-refractivity contribution in [3.05, 3.63) is 52.1 Å². The van der Waals surface area contributed by atoms with Gasteiger partial charge in [-0.15, -0.1) is 0 Å². The van der Waals surface area contributed by atoms with Crippen molar-refractivity contribution in [1.82, 2.24) is 0 Å². The first-order valence-electron chi connectivity index (χ1n) is 5.02. The van der Waals surface area contributed by atoms with Crippen LogP contribution in [0.25, 0.3) is 0 Å². The molecule has 1 aromatic carbocycles. The molecule has 0 amide bonds. The predicted octanol–water partition coefficient (Wildman–Crippen LogP) is 2.78. The lowest BCUT2D eigenvalue weighted by atomic mass is 10.1. The van der Waals surface area contributed by atoms with Crippen LogP contribution in [0, 0.1) is 10.1 Å². The van der Waals surface area contributed by atoms with E-state index in [-0.39, 0.29) is 5.69 Å². The quantitative estimate of drug-likeness (QED) is 0.348. The summed E-state index contributed by atoms with van der Waals surface area (Å²) in [6, 6.07) is 5.88. The molecule has 1 rings (SSSR count). The fourth-order valence-electron chi connectivity index (χ4n) is 1.20. The highest BCUT2D eigenvalue weighted by molar-refractivity contribution is 5.87. The third-order valence-corrected chi connectivity index (χ3v) is 2.21. The molecule has 0 heterocycles. The number of nitro benzene ring substituents is 1. The van der Waals surface area contributed by atoms with Gasteiger partial charge in [0.05, 0.1) is 4.92 Å². The van der Waals surface area contributed by atoms with Crippen molar-refractivity contribution in [3.63, 3.8) is 0 Å². The minimum absolute atomic E-state index is 0.00665. The fraction of sp³-hybridized carbons (Fsp3) is 0.250. The maximum Gasteiger partial charge on any atom is 0.333 e. The summed E-state index contributed by atoms with van der Waals surface area (Å²) in [5.74, 6) is -0.476. The first-order chi connectivity index (χ1) is 7.91. The van der Waals surface area contributed by atoms with E-state index in [9.17, 15) is 14.9 Å². The molecule has 0 saturated carbocycles. The van der Waals surface area contributed by atoms with Crippen molar-refractivity contribution in [2.24, 2.45) is 0 Å². The zero-order valence-electron chi connectivity index (χ0n) is 9.67.